The molecule has 0 saturated carbocycles. The van der Waals surface area contributed by atoms with Gasteiger partial charge >= 0.3 is 0 Å². The molecular weight excluding hydrogens is 377 g/mol. The van der Waals surface area contributed by atoms with Crippen LogP contribution < -0.4 is 14.2 Å². The molecule has 2 aromatic carbocycles. The van der Waals surface area contributed by atoms with E-state index < -0.39 is 5.82 Å². The minimum Gasteiger partial charge on any atom is -0.493 e. The predicted octanol–water partition coefficient (Wildman–Crippen LogP) is 3.52. The van der Waals surface area contributed by atoms with E-state index in [0.717, 1.165) is 5.56 Å². The minimum absolute atomic E-state index is 0.0199. The lowest BCUT2D eigenvalue weighted by Crippen LogP contribution is -2.49. The Kier molecular flexibility index (Phi) is 6.59. The quantitative estimate of drug-likeness (QED) is 0.739. The Hall–Kier alpha value is -2.80. The van der Waals surface area contributed by atoms with Crippen molar-refractivity contribution in [1.82, 2.24) is 4.90 Å². The summed E-state index contributed by atoms with van der Waals surface area (Å²) in [5.74, 6) is 0.820. The molecule has 0 spiro atoms. The molecule has 1 aliphatic heterocycles. The van der Waals surface area contributed by atoms with E-state index in [0.29, 0.717) is 30.2 Å². The van der Waals surface area contributed by atoms with E-state index in [1.54, 1.807) is 37.3 Å². The van der Waals surface area contributed by atoms with Crippen LogP contribution in [-0.2, 0) is 9.53 Å². The third kappa shape index (κ3) is 5.17. The Balaban J connectivity index is 1.73. The van der Waals surface area contributed by atoms with Gasteiger partial charge in [-0.2, -0.15) is 0 Å². The van der Waals surface area contributed by atoms with E-state index in [2.05, 4.69) is 0 Å². The highest BCUT2D eigenvalue weighted by Crippen LogP contribution is 2.34. The summed E-state index contributed by atoms with van der Waals surface area (Å²) in [5, 5.41) is 0. The molecule has 1 saturated heterocycles. The number of ether oxygens (including phenoxy) is 4. The molecule has 2 atom stereocenters. The molecular formula is C22H26FNO5. The smallest absolute Gasteiger partial charge is 0.260 e. The topological polar surface area (TPSA) is 57.2 Å². The van der Waals surface area contributed by atoms with Gasteiger partial charge in [-0.15, -0.1) is 0 Å². The number of hydrogen-bond donors (Lipinski definition) is 0. The van der Waals surface area contributed by atoms with Crippen molar-refractivity contribution in [1.29, 1.82) is 0 Å². The summed E-state index contributed by atoms with van der Waals surface area (Å²) in [4.78, 5) is 14.2. The summed E-state index contributed by atoms with van der Waals surface area (Å²) in [5.41, 5.74) is 1.36. The Morgan fingerprint density at radius 1 is 1.03 bits per heavy atom. The fourth-order valence-corrected chi connectivity index (χ4v) is 3.45. The SMILES string of the molecule is COc1ccc(-c2cc(F)cc(OCC(=O)N3C[C@@H](C)O[C@@H](C)C3)c2)cc1OC. The van der Waals surface area contributed by atoms with E-state index in [4.69, 9.17) is 18.9 Å². The second-order valence-corrected chi connectivity index (χ2v) is 7.09. The van der Waals surface area contributed by atoms with Crippen molar-refractivity contribution in [3.63, 3.8) is 0 Å². The Bertz CT molecular complexity index is 862. The first-order valence-electron chi connectivity index (χ1n) is 9.48. The second kappa shape index (κ2) is 9.13. The first kappa shape index (κ1) is 20.9. The van der Waals surface area contributed by atoms with Crippen LogP contribution in [0.4, 0.5) is 4.39 Å². The molecule has 1 heterocycles. The third-order valence-electron chi connectivity index (χ3n) is 4.72. The van der Waals surface area contributed by atoms with E-state index >= 15 is 0 Å². The Labute approximate surface area is 170 Å². The van der Waals surface area contributed by atoms with Crippen LogP contribution in [0.15, 0.2) is 36.4 Å². The zero-order chi connectivity index (χ0) is 21.0. The minimum atomic E-state index is -0.451. The van der Waals surface area contributed by atoms with Crippen molar-refractivity contribution < 1.29 is 28.1 Å². The summed E-state index contributed by atoms with van der Waals surface area (Å²) in [6.45, 7) is 4.74. The lowest BCUT2D eigenvalue weighted by atomic mass is 10.0. The van der Waals surface area contributed by atoms with Gasteiger partial charge in [0.1, 0.15) is 11.6 Å². The fraction of sp³-hybridized carbons (Fsp3) is 0.409. The van der Waals surface area contributed by atoms with E-state index in [-0.39, 0.29) is 30.5 Å². The molecule has 3 rings (SSSR count). The van der Waals surface area contributed by atoms with Gasteiger partial charge < -0.3 is 23.8 Å². The number of rotatable bonds is 6. The van der Waals surface area contributed by atoms with Gasteiger partial charge in [0.15, 0.2) is 18.1 Å². The normalized spacial score (nSPS) is 19.0. The van der Waals surface area contributed by atoms with Gasteiger partial charge in [0.05, 0.1) is 26.4 Å². The van der Waals surface area contributed by atoms with Crippen molar-refractivity contribution >= 4 is 5.91 Å². The van der Waals surface area contributed by atoms with Crippen LogP contribution in [-0.4, -0.2) is 56.9 Å². The summed E-state index contributed by atoms with van der Waals surface area (Å²) in [6, 6.07) is 9.69. The van der Waals surface area contributed by atoms with Gasteiger partial charge in [0.2, 0.25) is 0 Å². The molecule has 1 fully saturated rings. The van der Waals surface area contributed by atoms with E-state index in [9.17, 15) is 9.18 Å². The van der Waals surface area contributed by atoms with Crippen LogP contribution >= 0.6 is 0 Å². The maximum atomic E-state index is 14.2. The first-order valence-corrected chi connectivity index (χ1v) is 9.48. The molecule has 2 aromatic rings. The zero-order valence-electron chi connectivity index (χ0n) is 17.1. The number of carbonyl (C=O) groups is 1. The zero-order valence-corrected chi connectivity index (χ0v) is 17.1. The van der Waals surface area contributed by atoms with Crippen molar-refractivity contribution in [2.75, 3.05) is 33.9 Å². The first-order chi connectivity index (χ1) is 13.9. The summed E-state index contributed by atoms with van der Waals surface area (Å²) >= 11 is 0. The molecule has 0 aliphatic carbocycles. The summed E-state index contributed by atoms with van der Waals surface area (Å²) in [6.07, 6.45) is -0.0398. The average molecular weight is 403 g/mol. The number of morpholine rings is 1. The number of nitrogens with zero attached hydrogens (tertiary/aromatic N) is 1. The molecule has 0 aromatic heterocycles. The van der Waals surface area contributed by atoms with Gasteiger partial charge in [0, 0.05) is 19.2 Å². The maximum absolute atomic E-state index is 14.2. The van der Waals surface area contributed by atoms with Crippen LogP contribution in [0.3, 0.4) is 0 Å². The lowest BCUT2D eigenvalue weighted by Gasteiger charge is -2.35. The lowest BCUT2D eigenvalue weighted by molar-refractivity contribution is -0.145. The van der Waals surface area contributed by atoms with Crippen LogP contribution in [0, 0.1) is 5.82 Å². The molecule has 0 N–H and O–H groups in total. The van der Waals surface area contributed by atoms with Crippen LogP contribution in [0.1, 0.15) is 13.8 Å². The molecule has 7 heteroatoms. The van der Waals surface area contributed by atoms with E-state index in [1.807, 2.05) is 19.9 Å². The fourth-order valence-electron chi connectivity index (χ4n) is 3.45. The summed E-state index contributed by atoms with van der Waals surface area (Å²) < 4.78 is 36.0. The van der Waals surface area contributed by atoms with E-state index in [1.165, 1.54) is 12.1 Å². The van der Waals surface area contributed by atoms with Crippen molar-refractivity contribution in [3.8, 4) is 28.4 Å². The monoisotopic (exact) mass is 403 g/mol. The number of halogens is 1. The average Bonchev–Trinajstić information content (AvgIpc) is 2.70. The van der Waals surface area contributed by atoms with Gasteiger partial charge in [-0.05, 0) is 49.2 Å². The van der Waals surface area contributed by atoms with Gasteiger partial charge in [-0.1, -0.05) is 6.07 Å². The van der Waals surface area contributed by atoms with Crippen LogP contribution in [0.2, 0.25) is 0 Å². The molecule has 29 heavy (non-hydrogen) atoms. The van der Waals surface area contributed by atoms with Crippen molar-refractivity contribution in [2.24, 2.45) is 0 Å². The van der Waals surface area contributed by atoms with Gasteiger partial charge in [-0.3, -0.25) is 4.79 Å². The second-order valence-electron chi connectivity index (χ2n) is 7.09. The number of benzene rings is 2. The molecule has 1 amide bonds. The Morgan fingerprint density at radius 3 is 2.38 bits per heavy atom. The molecule has 6 nitrogen and oxygen atoms in total. The molecule has 156 valence electrons. The third-order valence-corrected chi connectivity index (χ3v) is 4.72. The number of methoxy groups -OCH3 is 2. The van der Waals surface area contributed by atoms with Crippen molar-refractivity contribution in [2.45, 2.75) is 26.1 Å². The highest BCUT2D eigenvalue weighted by Gasteiger charge is 2.26. The molecule has 0 radical (unpaired) electrons. The van der Waals surface area contributed by atoms with Crippen LogP contribution in [0.25, 0.3) is 11.1 Å². The number of carbonyl (C=O) groups excluding carboxylic acids is 1. The van der Waals surface area contributed by atoms with Gasteiger partial charge in [-0.25, -0.2) is 4.39 Å². The predicted molar refractivity (Wildman–Crippen MR) is 107 cm³/mol. The number of amides is 1. The van der Waals surface area contributed by atoms with Crippen molar-refractivity contribution in [3.05, 3.63) is 42.2 Å². The molecule has 0 unspecified atom stereocenters. The highest BCUT2D eigenvalue weighted by molar-refractivity contribution is 5.78. The van der Waals surface area contributed by atoms with Crippen LogP contribution in [0.5, 0.6) is 17.2 Å². The molecule has 1 aliphatic rings. The summed E-state index contributed by atoms with van der Waals surface area (Å²) in [7, 11) is 3.10. The highest BCUT2D eigenvalue weighted by atomic mass is 19.1. The largest absolute Gasteiger partial charge is 0.493 e. The maximum Gasteiger partial charge on any atom is 0.260 e. The van der Waals surface area contributed by atoms with Gasteiger partial charge in [0.25, 0.3) is 5.91 Å². The standard InChI is InChI=1S/C22H26FNO5/c1-14-11-24(12-15(2)29-14)22(25)13-28-19-8-17(7-18(23)10-19)16-5-6-20(26-3)21(9-16)27-4/h5-10,14-15H,11-13H2,1-4H3/t14-,15+. The number of hydrogen-bond acceptors (Lipinski definition) is 5. The Morgan fingerprint density at radius 2 is 1.72 bits per heavy atom. The molecule has 0 bridgehead atoms.